The smallest absolute Gasteiger partial charge is 0.337 e. The number of aromatic nitrogens is 4. The molecule has 0 N–H and O–H groups in total. The second-order valence-corrected chi connectivity index (χ2v) is 7.67. The quantitative estimate of drug-likeness (QED) is 0.497. The molecule has 1 aliphatic carbocycles. The van der Waals surface area contributed by atoms with Crippen molar-refractivity contribution in [3.8, 4) is 11.4 Å². The van der Waals surface area contributed by atoms with E-state index in [1.165, 1.54) is 9.13 Å². The number of rotatable bonds is 6. The van der Waals surface area contributed by atoms with Crippen LogP contribution >= 0.6 is 0 Å². The molecule has 1 fully saturated rings. The number of hydrogen-bond acceptors (Lipinski definition) is 4. The van der Waals surface area contributed by atoms with Crippen molar-refractivity contribution in [1.29, 1.82) is 0 Å². The molecule has 0 saturated heterocycles. The second-order valence-electron chi connectivity index (χ2n) is 7.67. The number of fused-ring (bicyclic) bond motifs is 1. The molecule has 0 aliphatic heterocycles. The fraction of sp³-hybridized carbons (Fsp3) is 0.261. The summed E-state index contributed by atoms with van der Waals surface area (Å²) < 4.78 is 10.2. The van der Waals surface area contributed by atoms with E-state index in [4.69, 9.17) is 4.74 Å². The number of benzene rings is 2. The van der Waals surface area contributed by atoms with E-state index in [2.05, 4.69) is 4.98 Å². The first-order chi connectivity index (χ1) is 14.7. The topological polar surface area (TPSA) is 71.1 Å². The van der Waals surface area contributed by atoms with Crippen molar-refractivity contribution in [2.75, 3.05) is 7.11 Å². The second kappa shape index (κ2) is 7.33. The van der Waals surface area contributed by atoms with Gasteiger partial charge in [0.25, 0.3) is 5.56 Å². The van der Waals surface area contributed by atoms with Gasteiger partial charge in [0.05, 0.1) is 25.7 Å². The van der Waals surface area contributed by atoms with E-state index in [1.807, 2.05) is 54.6 Å². The summed E-state index contributed by atoms with van der Waals surface area (Å²) in [4.78, 5) is 31.1. The van der Waals surface area contributed by atoms with Crippen LogP contribution in [0.5, 0.6) is 5.75 Å². The molecular weight excluding hydrogens is 380 g/mol. The van der Waals surface area contributed by atoms with Gasteiger partial charge >= 0.3 is 5.69 Å². The molecule has 2 heterocycles. The van der Waals surface area contributed by atoms with Gasteiger partial charge in [-0.05, 0) is 37.0 Å². The molecule has 7 nitrogen and oxygen atoms in total. The molecule has 4 aromatic rings. The molecule has 0 amide bonds. The van der Waals surface area contributed by atoms with Gasteiger partial charge in [0.15, 0.2) is 11.2 Å². The zero-order valence-corrected chi connectivity index (χ0v) is 16.7. The fourth-order valence-corrected chi connectivity index (χ4v) is 3.85. The number of hydrogen-bond donors (Lipinski definition) is 0. The summed E-state index contributed by atoms with van der Waals surface area (Å²) in [5, 5.41) is 0. The van der Waals surface area contributed by atoms with Crippen molar-refractivity contribution in [3.63, 3.8) is 0 Å². The lowest BCUT2D eigenvalue weighted by molar-refractivity contribution is 0.408. The van der Waals surface area contributed by atoms with Crippen molar-refractivity contribution in [1.82, 2.24) is 18.7 Å². The Balaban J connectivity index is 1.75. The van der Waals surface area contributed by atoms with Crippen LogP contribution in [0.2, 0.25) is 0 Å². The van der Waals surface area contributed by atoms with Gasteiger partial charge in [0, 0.05) is 12.1 Å². The molecule has 1 saturated carbocycles. The van der Waals surface area contributed by atoms with Crippen LogP contribution in [0.4, 0.5) is 0 Å². The predicted molar refractivity (Wildman–Crippen MR) is 114 cm³/mol. The van der Waals surface area contributed by atoms with Gasteiger partial charge in [0.2, 0.25) is 0 Å². The highest BCUT2D eigenvalue weighted by Crippen LogP contribution is 2.30. The van der Waals surface area contributed by atoms with Crippen molar-refractivity contribution < 1.29 is 4.74 Å². The fourth-order valence-electron chi connectivity index (χ4n) is 3.85. The monoisotopic (exact) mass is 402 g/mol. The number of ether oxygens (including phenoxy) is 1. The molecule has 2 aromatic carbocycles. The van der Waals surface area contributed by atoms with Crippen LogP contribution < -0.4 is 16.0 Å². The lowest BCUT2D eigenvalue weighted by atomic mass is 10.2. The highest BCUT2D eigenvalue weighted by Gasteiger charge is 2.26. The summed E-state index contributed by atoms with van der Waals surface area (Å²) in [5.41, 5.74) is 1.79. The molecule has 152 valence electrons. The molecule has 0 bridgehead atoms. The summed E-state index contributed by atoms with van der Waals surface area (Å²) >= 11 is 0. The van der Waals surface area contributed by atoms with Crippen molar-refractivity contribution >= 4 is 11.2 Å². The number of imidazole rings is 1. The highest BCUT2D eigenvalue weighted by atomic mass is 16.5. The Hall–Kier alpha value is -3.61. The first-order valence-electron chi connectivity index (χ1n) is 10.1. The van der Waals surface area contributed by atoms with Gasteiger partial charge in [-0.2, -0.15) is 0 Å². The highest BCUT2D eigenvalue weighted by molar-refractivity contribution is 5.72. The van der Waals surface area contributed by atoms with E-state index in [0.717, 1.165) is 24.2 Å². The Bertz CT molecular complexity index is 1330. The third-order valence-corrected chi connectivity index (χ3v) is 5.59. The van der Waals surface area contributed by atoms with Gasteiger partial charge in [-0.3, -0.25) is 9.36 Å². The van der Waals surface area contributed by atoms with Gasteiger partial charge in [-0.15, -0.1) is 0 Å². The van der Waals surface area contributed by atoms with Crippen LogP contribution in [0, 0.1) is 5.92 Å². The Morgan fingerprint density at radius 1 is 1.03 bits per heavy atom. The third kappa shape index (κ3) is 3.12. The van der Waals surface area contributed by atoms with Gasteiger partial charge < -0.3 is 9.30 Å². The minimum absolute atomic E-state index is 0.290. The normalized spacial score (nSPS) is 13.6. The average molecular weight is 402 g/mol. The molecule has 2 aromatic heterocycles. The number of methoxy groups -OCH3 is 1. The summed E-state index contributed by atoms with van der Waals surface area (Å²) in [6.07, 6.45) is 3.73. The maximum absolute atomic E-state index is 13.4. The van der Waals surface area contributed by atoms with Crippen molar-refractivity contribution in [2.45, 2.75) is 25.9 Å². The van der Waals surface area contributed by atoms with Gasteiger partial charge in [0.1, 0.15) is 5.75 Å². The van der Waals surface area contributed by atoms with E-state index >= 15 is 0 Å². The van der Waals surface area contributed by atoms with Crippen molar-refractivity contribution in [2.24, 2.45) is 5.92 Å². The average Bonchev–Trinajstić information content (AvgIpc) is 3.51. The first-order valence-corrected chi connectivity index (χ1v) is 10.1. The van der Waals surface area contributed by atoms with E-state index in [-0.39, 0.29) is 11.2 Å². The zero-order valence-electron chi connectivity index (χ0n) is 16.7. The first kappa shape index (κ1) is 18.4. The maximum Gasteiger partial charge on any atom is 0.337 e. The maximum atomic E-state index is 13.4. The Morgan fingerprint density at radius 2 is 1.77 bits per heavy atom. The molecule has 30 heavy (non-hydrogen) atoms. The Kier molecular flexibility index (Phi) is 4.50. The largest absolute Gasteiger partial charge is 0.496 e. The third-order valence-electron chi connectivity index (χ3n) is 5.59. The van der Waals surface area contributed by atoms with Crippen LogP contribution in [0.3, 0.4) is 0 Å². The molecule has 7 heteroatoms. The van der Waals surface area contributed by atoms with Gasteiger partial charge in [-0.25, -0.2) is 14.3 Å². The van der Waals surface area contributed by atoms with Crippen LogP contribution in [0.15, 0.2) is 70.5 Å². The molecule has 5 rings (SSSR count). The Labute approximate surface area is 172 Å². The lowest BCUT2D eigenvalue weighted by Gasteiger charge is -2.13. The SMILES string of the molecule is COc1ccccc1Cn1cnc2c1c(=O)n(CC1CC1)c(=O)n2-c1ccccc1. The summed E-state index contributed by atoms with van der Waals surface area (Å²) in [7, 11) is 1.63. The van der Waals surface area contributed by atoms with Crippen LogP contribution in [0.25, 0.3) is 16.9 Å². The molecule has 0 atom stereocenters. The minimum Gasteiger partial charge on any atom is -0.496 e. The van der Waals surface area contributed by atoms with E-state index < -0.39 is 0 Å². The summed E-state index contributed by atoms with van der Waals surface area (Å²) in [6, 6.07) is 17.0. The van der Waals surface area contributed by atoms with E-state index in [1.54, 1.807) is 18.0 Å². The summed E-state index contributed by atoms with van der Waals surface area (Å²) in [5.74, 6) is 1.14. The standard InChI is InChI=1S/C23H22N4O3/c1-30-19-10-6-5-7-17(19)14-25-15-24-21-20(25)22(28)26(13-16-11-12-16)23(29)27(21)18-8-3-2-4-9-18/h2-10,15-16H,11-14H2,1H3. The minimum atomic E-state index is -0.340. The van der Waals surface area contributed by atoms with Crippen LogP contribution in [0.1, 0.15) is 18.4 Å². The number of nitrogens with zero attached hydrogens (tertiary/aromatic N) is 4. The van der Waals surface area contributed by atoms with E-state index in [0.29, 0.717) is 35.9 Å². The van der Waals surface area contributed by atoms with Gasteiger partial charge in [-0.1, -0.05) is 36.4 Å². The number of para-hydroxylation sites is 2. The lowest BCUT2D eigenvalue weighted by Crippen LogP contribution is -2.40. The molecular formula is C23H22N4O3. The van der Waals surface area contributed by atoms with E-state index in [9.17, 15) is 9.59 Å². The molecule has 0 radical (unpaired) electrons. The van der Waals surface area contributed by atoms with Crippen LogP contribution in [-0.4, -0.2) is 25.8 Å². The van der Waals surface area contributed by atoms with Crippen molar-refractivity contribution in [3.05, 3.63) is 87.3 Å². The zero-order chi connectivity index (χ0) is 20.7. The Morgan fingerprint density at radius 3 is 2.50 bits per heavy atom. The molecule has 0 unspecified atom stereocenters. The molecule has 1 aliphatic rings. The molecule has 0 spiro atoms. The van der Waals surface area contributed by atoms with Crippen LogP contribution in [-0.2, 0) is 13.1 Å². The predicted octanol–water partition coefficient (Wildman–Crippen LogP) is 2.82. The summed E-state index contributed by atoms with van der Waals surface area (Å²) in [6.45, 7) is 0.868.